The lowest BCUT2D eigenvalue weighted by Gasteiger charge is -2.31. The molecule has 2 nitrogen and oxygen atoms in total. The Morgan fingerprint density at radius 2 is 1.89 bits per heavy atom. The summed E-state index contributed by atoms with van der Waals surface area (Å²) in [6, 6.07) is 0.435. The lowest BCUT2D eigenvalue weighted by Crippen LogP contribution is -2.42. The SMILES string of the molecule is C#CCN1CCC(NCCCCC(F)(F)F)CC1. The maximum Gasteiger partial charge on any atom is 0.389 e. The molecule has 1 saturated heterocycles. The zero-order valence-corrected chi connectivity index (χ0v) is 10.6. The maximum atomic E-state index is 11.9. The van der Waals surface area contributed by atoms with E-state index in [0.29, 0.717) is 25.6 Å². The van der Waals surface area contributed by atoms with Crippen LogP contribution in [0.2, 0.25) is 0 Å². The van der Waals surface area contributed by atoms with Crippen LogP contribution >= 0.6 is 0 Å². The molecular formula is C13H21F3N2. The van der Waals surface area contributed by atoms with Crippen molar-refractivity contribution in [1.29, 1.82) is 0 Å². The minimum Gasteiger partial charge on any atom is -0.314 e. The van der Waals surface area contributed by atoms with Crippen molar-refractivity contribution in [2.75, 3.05) is 26.2 Å². The average Bonchev–Trinajstić information content (AvgIpc) is 2.30. The van der Waals surface area contributed by atoms with Gasteiger partial charge in [0.2, 0.25) is 0 Å². The van der Waals surface area contributed by atoms with Crippen LogP contribution in [-0.4, -0.2) is 43.3 Å². The van der Waals surface area contributed by atoms with E-state index in [1.165, 1.54) is 0 Å². The fourth-order valence-corrected chi connectivity index (χ4v) is 2.18. The average molecular weight is 262 g/mol. The highest BCUT2D eigenvalue weighted by Crippen LogP contribution is 2.21. The number of nitrogens with one attached hydrogen (secondary N) is 1. The van der Waals surface area contributed by atoms with Gasteiger partial charge in [-0.05, 0) is 32.2 Å². The summed E-state index contributed by atoms with van der Waals surface area (Å²) in [5.74, 6) is 2.63. The van der Waals surface area contributed by atoms with E-state index in [9.17, 15) is 13.2 Å². The number of terminal acetylenes is 1. The highest BCUT2D eigenvalue weighted by atomic mass is 19.4. The Kier molecular flexibility index (Phi) is 6.51. The zero-order chi connectivity index (χ0) is 13.4. The first-order chi connectivity index (χ1) is 8.51. The second kappa shape index (κ2) is 7.65. The number of nitrogens with zero attached hydrogens (tertiary/aromatic N) is 1. The molecule has 1 rings (SSSR count). The topological polar surface area (TPSA) is 15.3 Å². The fraction of sp³-hybridized carbons (Fsp3) is 0.846. The molecule has 0 bridgehead atoms. The molecule has 1 heterocycles. The molecule has 0 amide bonds. The molecule has 5 heteroatoms. The van der Waals surface area contributed by atoms with Gasteiger partial charge in [-0.15, -0.1) is 6.42 Å². The number of alkyl halides is 3. The van der Waals surface area contributed by atoms with Crippen molar-refractivity contribution in [3.05, 3.63) is 0 Å². The second-order valence-electron chi connectivity index (χ2n) is 4.78. The van der Waals surface area contributed by atoms with E-state index in [4.69, 9.17) is 6.42 Å². The molecule has 1 aliphatic rings. The van der Waals surface area contributed by atoms with Crippen molar-refractivity contribution >= 4 is 0 Å². The van der Waals surface area contributed by atoms with Crippen molar-refractivity contribution in [1.82, 2.24) is 10.2 Å². The normalized spacial score (nSPS) is 18.8. The molecule has 0 spiro atoms. The van der Waals surface area contributed by atoms with Gasteiger partial charge >= 0.3 is 6.18 Å². The number of unbranched alkanes of at least 4 members (excludes halogenated alkanes) is 1. The summed E-state index contributed by atoms with van der Waals surface area (Å²) in [4.78, 5) is 2.22. The Labute approximate surface area is 107 Å². The van der Waals surface area contributed by atoms with E-state index in [0.717, 1.165) is 25.9 Å². The van der Waals surface area contributed by atoms with Gasteiger partial charge in [0.25, 0.3) is 0 Å². The van der Waals surface area contributed by atoms with Crippen LogP contribution in [-0.2, 0) is 0 Å². The molecule has 1 fully saturated rings. The van der Waals surface area contributed by atoms with E-state index >= 15 is 0 Å². The molecule has 18 heavy (non-hydrogen) atoms. The quantitative estimate of drug-likeness (QED) is 0.584. The first-order valence-electron chi connectivity index (χ1n) is 6.47. The van der Waals surface area contributed by atoms with E-state index < -0.39 is 12.6 Å². The molecule has 0 unspecified atom stereocenters. The predicted octanol–water partition coefficient (Wildman–Crippen LogP) is 2.41. The second-order valence-corrected chi connectivity index (χ2v) is 4.78. The van der Waals surface area contributed by atoms with Crippen molar-refractivity contribution in [3.63, 3.8) is 0 Å². The Hall–Kier alpha value is -0.730. The van der Waals surface area contributed by atoms with Crippen LogP contribution in [0.4, 0.5) is 13.2 Å². The lowest BCUT2D eigenvalue weighted by molar-refractivity contribution is -0.135. The number of piperidine rings is 1. The summed E-state index contributed by atoms with van der Waals surface area (Å²) in [5, 5.41) is 3.32. The Balaban J connectivity index is 2.00. The summed E-state index contributed by atoms with van der Waals surface area (Å²) >= 11 is 0. The number of hydrogen-bond donors (Lipinski definition) is 1. The van der Waals surface area contributed by atoms with Gasteiger partial charge in [0, 0.05) is 25.6 Å². The standard InChI is InChI=1S/C13H21F3N2/c1-2-9-18-10-5-12(6-11-18)17-8-4-3-7-13(14,15)16/h1,12,17H,3-11H2. The van der Waals surface area contributed by atoms with E-state index in [1.807, 2.05) is 0 Å². The van der Waals surface area contributed by atoms with E-state index in [2.05, 4.69) is 16.1 Å². The van der Waals surface area contributed by atoms with Crippen LogP contribution < -0.4 is 5.32 Å². The summed E-state index contributed by atoms with van der Waals surface area (Å²) in [5.41, 5.74) is 0. The minimum atomic E-state index is -4.01. The van der Waals surface area contributed by atoms with Crippen molar-refractivity contribution in [3.8, 4) is 12.3 Å². The van der Waals surface area contributed by atoms with Gasteiger partial charge in [0.15, 0.2) is 0 Å². The predicted molar refractivity (Wildman–Crippen MR) is 66.2 cm³/mol. The third kappa shape index (κ3) is 6.87. The van der Waals surface area contributed by atoms with Gasteiger partial charge < -0.3 is 5.32 Å². The molecule has 104 valence electrons. The number of rotatable bonds is 6. The van der Waals surface area contributed by atoms with Gasteiger partial charge in [0.1, 0.15) is 0 Å². The zero-order valence-electron chi connectivity index (χ0n) is 10.6. The third-order valence-corrected chi connectivity index (χ3v) is 3.22. The largest absolute Gasteiger partial charge is 0.389 e. The van der Waals surface area contributed by atoms with Crippen molar-refractivity contribution in [2.45, 2.75) is 44.3 Å². The summed E-state index contributed by atoms with van der Waals surface area (Å²) in [6.45, 7) is 3.32. The molecule has 1 aliphatic heterocycles. The highest BCUT2D eigenvalue weighted by Gasteiger charge is 2.25. The highest BCUT2D eigenvalue weighted by molar-refractivity contribution is 4.90. The van der Waals surface area contributed by atoms with Crippen molar-refractivity contribution in [2.24, 2.45) is 0 Å². The maximum absolute atomic E-state index is 11.9. The summed E-state index contributed by atoms with van der Waals surface area (Å²) in [6.07, 6.45) is 3.42. The molecular weight excluding hydrogens is 241 g/mol. The molecule has 1 N–H and O–H groups in total. The van der Waals surface area contributed by atoms with Crippen LogP contribution in [0, 0.1) is 12.3 Å². The molecule has 0 aromatic carbocycles. The van der Waals surface area contributed by atoms with Crippen LogP contribution in [0.15, 0.2) is 0 Å². The van der Waals surface area contributed by atoms with Gasteiger partial charge in [-0.1, -0.05) is 5.92 Å². The summed E-state index contributed by atoms with van der Waals surface area (Å²) < 4.78 is 35.7. The Morgan fingerprint density at radius 1 is 1.22 bits per heavy atom. The molecule has 0 radical (unpaired) electrons. The molecule has 0 aliphatic carbocycles. The first kappa shape index (κ1) is 15.3. The lowest BCUT2D eigenvalue weighted by atomic mass is 10.0. The molecule has 0 aromatic heterocycles. The Morgan fingerprint density at radius 3 is 2.44 bits per heavy atom. The van der Waals surface area contributed by atoms with Crippen LogP contribution in [0.3, 0.4) is 0 Å². The Bertz CT molecular complexity index is 262. The first-order valence-corrected chi connectivity index (χ1v) is 6.47. The van der Waals surface area contributed by atoms with Gasteiger partial charge in [-0.25, -0.2) is 0 Å². The molecule has 0 aromatic rings. The summed E-state index contributed by atoms with van der Waals surface area (Å²) in [7, 11) is 0. The minimum absolute atomic E-state index is 0.215. The molecule has 0 saturated carbocycles. The molecule has 0 atom stereocenters. The van der Waals surface area contributed by atoms with Gasteiger partial charge in [-0.3, -0.25) is 4.90 Å². The van der Waals surface area contributed by atoms with E-state index in [-0.39, 0.29) is 6.42 Å². The van der Waals surface area contributed by atoms with Gasteiger partial charge in [-0.2, -0.15) is 13.2 Å². The van der Waals surface area contributed by atoms with Crippen LogP contribution in [0.25, 0.3) is 0 Å². The van der Waals surface area contributed by atoms with Crippen LogP contribution in [0.5, 0.6) is 0 Å². The monoisotopic (exact) mass is 262 g/mol. The van der Waals surface area contributed by atoms with E-state index in [1.54, 1.807) is 0 Å². The number of hydrogen-bond acceptors (Lipinski definition) is 2. The van der Waals surface area contributed by atoms with Crippen molar-refractivity contribution < 1.29 is 13.2 Å². The third-order valence-electron chi connectivity index (χ3n) is 3.22. The van der Waals surface area contributed by atoms with Gasteiger partial charge in [0.05, 0.1) is 6.54 Å². The number of likely N-dealkylation sites (tertiary alicyclic amines) is 1. The smallest absolute Gasteiger partial charge is 0.314 e. The van der Waals surface area contributed by atoms with Crippen LogP contribution in [0.1, 0.15) is 32.1 Å². The fourth-order valence-electron chi connectivity index (χ4n) is 2.18. The number of halogens is 3.